The summed E-state index contributed by atoms with van der Waals surface area (Å²) in [5.74, 6) is 0.406. The van der Waals surface area contributed by atoms with E-state index >= 15 is 0 Å². The molecule has 8 nitrogen and oxygen atoms in total. The average Bonchev–Trinajstić information content (AvgIpc) is 3.27. The minimum absolute atomic E-state index is 0.0300. The van der Waals surface area contributed by atoms with Gasteiger partial charge in [0.2, 0.25) is 0 Å². The van der Waals surface area contributed by atoms with Crippen molar-refractivity contribution >= 4 is 67.1 Å². The molecule has 11 heteroatoms. The molecule has 2 N–H and O–H groups in total. The third-order valence-electron chi connectivity index (χ3n) is 4.71. The molecule has 160 valence electrons. The molecule has 5 rings (SSSR count). The number of rotatable bonds is 6. The van der Waals surface area contributed by atoms with Crippen LogP contribution in [0.4, 0.5) is 11.6 Å². The number of nitrogens with zero attached hydrogens (tertiary/aromatic N) is 4. The number of anilines is 2. The maximum atomic E-state index is 13.2. The summed E-state index contributed by atoms with van der Waals surface area (Å²) in [6, 6.07) is 19.4. The number of nitrogens with one attached hydrogen (secondary N) is 2. The van der Waals surface area contributed by atoms with Crippen LogP contribution >= 0.6 is 23.3 Å². The number of hydrogen-bond acceptors (Lipinski definition) is 8. The lowest BCUT2D eigenvalue weighted by Crippen LogP contribution is -2.17. The minimum atomic E-state index is -4.00. The molecule has 0 aliphatic heterocycles. The highest BCUT2D eigenvalue weighted by molar-refractivity contribution is 7.93. The second-order valence-corrected chi connectivity index (χ2v) is 9.50. The van der Waals surface area contributed by atoms with Crippen LogP contribution in [0.1, 0.15) is 5.56 Å². The molecule has 0 saturated heterocycles. The van der Waals surface area contributed by atoms with Crippen molar-refractivity contribution in [2.45, 2.75) is 11.4 Å². The SMILES string of the molecule is O=S(=O)(Nc1nc2ccccc2nc1NCc1ccc(Cl)cc1)c1cccc2nsnc12. The van der Waals surface area contributed by atoms with Gasteiger partial charge in [0.05, 0.1) is 22.8 Å². The normalized spacial score (nSPS) is 11.7. The number of hydrogen-bond donors (Lipinski definition) is 2. The molecule has 0 unspecified atom stereocenters. The van der Waals surface area contributed by atoms with Gasteiger partial charge in [-0.25, -0.2) is 18.4 Å². The van der Waals surface area contributed by atoms with Crippen LogP contribution in [0.2, 0.25) is 5.02 Å². The molecule has 0 radical (unpaired) electrons. The van der Waals surface area contributed by atoms with E-state index < -0.39 is 10.0 Å². The van der Waals surface area contributed by atoms with Gasteiger partial charge in [0.25, 0.3) is 10.0 Å². The zero-order chi connectivity index (χ0) is 22.1. The number of para-hydroxylation sites is 2. The Hall–Kier alpha value is -3.34. The van der Waals surface area contributed by atoms with Gasteiger partial charge in [-0.2, -0.15) is 8.75 Å². The molecular formula is C21H15ClN6O2S2. The first kappa shape index (κ1) is 20.6. The molecule has 0 aliphatic rings. The average molecular weight is 483 g/mol. The lowest BCUT2D eigenvalue weighted by atomic mass is 10.2. The smallest absolute Gasteiger partial charge is 0.265 e. The molecule has 0 saturated carbocycles. The third-order valence-corrected chi connectivity index (χ3v) is 6.88. The van der Waals surface area contributed by atoms with Gasteiger partial charge in [-0.1, -0.05) is 41.9 Å². The van der Waals surface area contributed by atoms with Crippen molar-refractivity contribution in [3.63, 3.8) is 0 Å². The van der Waals surface area contributed by atoms with E-state index in [4.69, 9.17) is 11.6 Å². The van der Waals surface area contributed by atoms with Crippen molar-refractivity contribution in [1.82, 2.24) is 18.7 Å². The lowest BCUT2D eigenvalue weighted by molar-refractivity contribution is 0.601. The highest BCUT2D eigenvalue weighted by Gasteiger charge is 2.22. The number of sulfonamides is 1. The summed E-state index contributed by atoms with van der Waals surface area (Å²) in [6.07, 6.45) is 0. The molecule has 3 aromatic carbocycles. The van der Waals surface area contributed by atoms with Crippen molar-refractivity contribution in [2.75, 3.05) is 10.0 Å². The highest BCUT2D eigenvalue weighted by Crippen LogP contribution is 2.27. The Morgan fingerprint density at radius 2 is 1.50 bits per heavy atom. The maximum absolute atomic E-state index is 13.2. The molecule has 0 fully saturated rings. The van der Waals surface area contributed by atoms with Crippen LogP contribution in [-0.4, -0.2) is 27.1 Å². The van der Waals surface area contributed by atoms with Crippen LogP contribution in [0.5, 0.6) is 0 Å². The van der Waals surface area contributed by atoms with Crippen LogP contribution in [0.15, 0.2) is 71.6 Å². The van der Waals surface area contributed by atoms with Gasteiger partial charge >= 0.3 is 0 Å². The van der Waals surface area contributed by atoms with Gasteiger partial charge in [0.1, 0.15) is 15.9 Å². The Morgan fingerprint density at radius 3 is 2.25 bits per heavy atom. The Morgan fingerprint density at radius 1 is 0.812 bits per heavy atom. The number of fused-ring (bicyclic) bond motifs is 2. The molecule has 0 spiro atoms. The molecule has 32 heavy (non-hydrogen) atoms. The van der Waals surface area contributed by atoms with Crippen LogP contribution in [0.25, 0.3) is 22.1 Å². The van der Waals surface area contributed by atoms with E-state index in [1.165, 1.54) is 6.07 Å². The van der Waals surface area contributed by atoms with Crippen LogP contribution in [0, 0.1) is 0 Å². The van der Waals surface area contributed by atoms with Crippen molar-refractivity contribution in [3.8, 4) is 0 Å². The van der Waals surface area contributed by atoms with E-state index in [1.54, 1.807) is 30.3 Å². The Balaban J connectivity index is 1.53. The van der Waals surface area contributed by atoms with E-state index in [0.29, 0.717) is 39.5 Å². The minimum Gasteiger partial charge on any atom is -0.363 e. The van der Waals surface area contributed by atoms with Crippen LogP contribution < -0.4 is 10.0 Å². The topological polar surface area (TPSA) is 110 Å². The van der Waals surface area contributed by atoms with Crippen molar-refractivity contribution in [2.24, 2.45) is 0 Å². The number of aromatic nitrogens is 4. The van der Waals surface area contributed by atoms with Gasteiger partial charge < -0.3 is 5.32 Å². The van der Waals surface area contributed by atoms with Crippen LogP contribution in [-0.2, 0) is 16.6 Å². The van der Waals surface area contributed by atoms with Gasteiger partial charge in [-0.15, -0.1) is 0 Å². The molecule has 0 atom stereocenters. The highest BCUT2D eigenvalue weighted by atomic mass is 35.5. The Kier molecular flexibility index (Phi) is 5.33. The molecular weight excluding hydrogens is 468 g/mol. The first-order chi connectivity index (χ1) is 15.5. The van der Waals surface area contributed by atoms with Crippen molar-refractivity contribution < 1.29 is 8.42 Å². The first-order valence-corrected chi connectivity index (χ1v) is 12.1. The first-order valence-electron chi connectivity index (χ1n) is 9.49. The van der Waals surface area contributed by atoms with Crippen molar-refractivity contribution in [3.05, 3.63) is 77.3 Å². The molecule has 2 aromatic heterocycles. The lowest BCUT2D eigenvalue weighted by Gasteiger charge is -2.14. The van der Waals surface area contributed by atoms with Crippen LogP contribution in [0.3, 0.4) is 0 Å². The van der Waals surface area contributed by atoms with E-state index in [9.17, 15) is 8.42 Å². The summed E-state index contributed by atoms with van der Waals surface area (Å²) < 4.78 is 37.3. The zero-order valence-corrected chi connectivity index (χ0v) is 18.7. The largest absolute Gasteiger partial charge is 0.363 e. The van der Waals surface area contributed by atoms with E-state index in [0.717, 1.165) is 17.3 Å². The van der Waals surface area contributed by atoms with E-state index in [-0.39, 0.29) is 10.7 Å². The predicted octanol–water partition coefficient (Wildman–Crippen LogP) is 4.70. The second-order valence-electron chi connectivity index (χ2n) is 6.88. The summed E-state index contributed by atoms with van der Waals surface area (Å²) in [5.41, 5.74) is 2.99. The predicted molar refractivity (Wildman–Crippen MR) is 127 cm³/mol. The van der Waals surface area contributed by atoms with Gasteiger partial charge in [0.15, 0.2) is 11.6 Å². The number of benzene rings is 3. The van der Waals surface area contributed by atoms with Gasteiger partial charge in [-0.3, -0.25) is 4.72 Å². The Bertz CT molecular complexity index is 1540. The quantitative estimate of drug-likeness (QED) is 0.361. The molecule has 0 bridgehead atoms. The fourth-order valence-corrected chi connectivity index (χ4v) is 5.07. The summed E-state index contributed by atoms with van der Waals surface area (Å²) in [7, 11) is -4.00. The van der Waals surface area contributed by atoms with Crippen molar-refractivity contribution in [1.29, 1.82) is 0 Å². The second kappa shape index (κ2) is 8.30. The fraction of sp³-hybridized carbons (Fsp3) is 0.0476. The molecule has 2 heterocycles. The standard InChI is InChI=1S/C21H15ClN6O2S2/c22-14-10-8-13(9-11-14)12-23-20-21(25-16-5-2-1-4-15(16)24-20)28-32(29,30)18-7-3-6-17-19(18)27-31-26-17/h1-11H,12H2,(H,23,24)(H,25,28). The number of halogens is 1. The molecule has 0 amide bonds. The summed E-state index contributed by atoms with van der Waals surface area (Å²) in [4.78, 5) is 9.13. The summed E-state index contributed by atoms with van der Waals surface area (Å²) in [5, 5.41) is 3.82. The maximum Gasteiger partial charge on any atom is 0.265 e. The van der Waals surface area contributed by atoms with E-state index in [1.807, 2.05) is 30.3 Å². The van der Waals surface area contributed by atoms with Gasteiger partial charge in [-0.05, 0) is 42.0 Å². The molecule has 5 aromatic rings. The van der Waals surface area contributed by atoms with Gasteiger partial charge in [0, 0.05) is 11.6 Å². The fourth-order valence-electron chi connectivity index (χ4n) is 3.16. The zero-order valence-electron chi connectivity index (χ0n) is 16.4. The molecule has 0 aliphatic carbocycles. The monoisotopic (exact) mass is 482 g/mol. The summed E-state index contributed by atoms with van der Waals surface area (Å²) in [6.45, 7) is 0.407. The van der Waals surface area contributed by atoms with E-state index in [2.05, 4.69) is 28.8 Å². The Labute approximate surface area is 192 Å². The summed E-state index contributed by atoms with van der Waals surface area (Å²) >= 11 is 6.91. The third kappa shape index (κ3) is 4.07.